The van der Waals surface area contributed by atoms with E-state index >= 15 is 0 Å². The van der Waals surface area contributed by atoms with E-state index in [9.17, 15) is 4.79 Å². The molecule has 2 aromatic rings. The molecule has 4 rings (SSSR count). The van der Waals surface area contributed by atoms with Gasteiger partial charge in [0.1, 0.15) is 0 Å². The van der Waals surface area contributed by atoms with Crippen molar-refractivity contribution in [3.05, 3.63) is 64.4 Å². The minimum Gasteiger partial charge on any atom is -0.337 e. The van der Waals surface area contributed by atoms with E-state index in [1.54, 1.807) is 0 Å². The molecule has 0 radical (unpaired) electrons. The standard InChI is InChI=1S/C29H41ClN4O/c1-5-21-6-11-25(32-19-21)28(23-7-9-24(30)10-8-23)33-16-17-34(26(20-33)29(2,3)4)27(35)18-22-12-14-31-15-13-22/h6-11,19,22,26,28,31H,5,12-18,20H2,1-4H3. The zero-order chi connectivity index (χ0) is 25.0. The van der Waals surface area contributed by atoms with Crippen LogP contribution >= 0.6 is 11.6 Å². The van der Waals surface area contributed by atoms with Crippen molar-refractivity contribution in [2.75, 3.05) is 32.7 Å². The van der Waals surface area contributed by atoms with Crippen LogP contribution in [0.25, 0.3) is 0 Å². The van der Waals surface area contributed by atoms with E-state index in [2.05, 4.69) is 67.1 Å². The summed E-state index contributed by atoms with van der Waals surface area (Å²) in [7, 11) is 0. The fourth-order valence-corrected chi connectivity index (χ4v) is 5.67. The van der Waals surface area contributed by atoms with Gasteiger partial charge in [0.05, 0.1) is 11.7 Å². The molecule has 2 atom stereocenters. The molecule has 1 aromatic carbocycles. The minimum absolute atomic E-state index is 0.0213. The Balaban J connectivity index is 1.59. The lowest BCUT2D eigenvalue weighted by Gasteiger charge is -2.49. The van der Waals surface area contributed by atoms with E-state index in [0.717, 1.165) is 62.7 Å². The number of nitrogens with one attached hydrogen (secondary N) is 1. The number of piperazine rings is 1. The molecule has 0 saturated carbocycles. The van der Waals surface area contributed by atoms with Gasteiger partial charge in [-0.25, -0.2) is 0 Å². The first-order chi connectivity index (χ1) is 16.8. The van der Waals surface area contributed by atoms with Crippen LogP contribution in [0.3, 0.4) is 0 Å². The van der Waals surface area contributed by atoms with E-state index in [-0.39, 0.29) is 17.5 Å². The molecule has 3 heterocycles. The third kappa shape index (κ3) is 6.44. The average Bonchev–Trinajstić information content (AvgIpc) is 2.86. The number of aryl methyl sites for hydroxylation is 1. The lowest BCUT2D eigenvalue weighted by Crippen LogP contribution is -2.60. The molecule has 35 heavy (non-hydrogen) atoms. The number of hydrogen-bond acceptors (Lipinski definition) is 4. The number of carbonyl (C=O) groups is 1. The van der Waals surface area contributed by atoms with Gasteiger partial charge in [-0.1, -0.05) is 57.5 Å². The Morgan fingerprint density at radius 3 is 2.43 bits per heavy atom. The van der Waals surface area contributed by atoms with Gasteiger partial charge in [-0.3, -0.25) is 14.7 Å². The second-order valence-electron chi connectivity index (χ2n) is 11.3. The molecule has 190 valence electrons. The lowest BCUT2D eigenvalue weighted by atomic mass is 9.82. The Bertz CT molecular complexity index is 964. The molecule has 1 amide bonds. The maximum atomic E-state index is 13.5. The van der Waals surface area contributed by atoms with Crippen LogP contribution in [0.2, 0.25) is 5.02 Å². The molecular formula is C29H41ClN4O. The van der Waals surface area contributed by atoms with Crippen molar-refractivity contribution in [1.82, 2.24) is 20.1 Å². The van der Waals surface area contributed by atoms with Crippen molar-refractivity contribution in [1.29, 1.82) is 0 Å². The maximum Gasteiger partial charge on any atom is 0.223 e. The van der Waals surface area contributed by atoms with E-state index in [1.165, 1.54) is 11.1 Å². The molecule has 2 saturated heterocycles. The van der Waals surface area contributed by atoms with Crippen LogP contribution in [0.1, 0.15) is 69.8 Å². The van der Waals surface area contributed by atoms with Gasteiger partial charge >= 0.3 is 0 Å². The second-order valence-corrected chi connectivity index (χ2v) is 11.7. The monoisotopic (exact) mass is 496 g/mol. The highest BCUT2D eigenvalue weighted by molar-refractivity contribution is 6.30. The number of nitrogens with zero attached hydrogens (tertiary/aromatic N) is 3. The maximum absolute atomic E-state index is 13.5. The molecule has 0 aliphatic carbocycles. The summed E-state index contributed by atoms with van der Waals surface area (Å²) in [6.07, 6.45) is 5.85. The number of hydrogen-bond donors (Lipinski definition) is 1. The van der Waals surface area contributed by atoms with Crippen LogP contribution in [0.5, 0.6) is 0 Å². The van der Waals surface area contributed by atoms with E-state index in [0.29, 0.717) is 18.2 Å². The third-order valence-corrected chi connectivity index (χ3v) is 7.99. The van der Waals surface area contributed by atoms with Gasteiger partial charge in [-0.05, 0) is 73.0 Å². The number of rotatable bonds is 6. The van der Waals surface area contributed by atoms with Gasteiger partial charge in [0, 0.05) is 43.3 Å². The van der Waals surface area contributed by atoms with Gasteiger partial charge in [-0.2, -0.15) is 0 Å². The quantitative estimate of drug-likeness (QED) is 0.586. The van der Waals surface area contributed by atoms with Gasteiger partial charge in [0.15, 0.2) is 0 Å². The number of piperidine rings is 1. The summed E-state index contributed by atoms with van der Waals surface area (Å²) < 4.78 is 0. The summed E-state index contributed by atoms with van der Waals surface area (Å²) >= 11 is 6.23. The SMILES string of the molecule is CCc1ccc(C(c2ccc(Cl)cc2)N2CCN(C(=O)CC3CCNCC3)C(C(C)(C)C)C2)nc1. The van der Waals surface area contributed by atoms with Crippen molar-refractivity contribution in [2.24, 2.45) is 11.3 Å². The fourth-order valence-electron chi connectivity index (χ4n) is 5.55. The van der Waals surface area contributed by atoms with Crippen molar-refractivity contribution in [2.45, 2.75) is 65.5 Å². The van der Waals surface area contributed by atoms with Crippen LogP contribution in [0, 0.1) is 11.3 Å². The fraction of sp³-hybridized carbons (Fsp3) is 0.586. The van der Waals surface area contributed by atoms with E-state index in [4.69, 9.17) is 16.6 Å². The molecule has 2 fully saturated rings. The summed E-state index contributed by atoms with van der Waals surface area (Å²) in [5.74, 6) is 0.829. The third-order valence-electron chi connectivity index (χ3n) is 7.74. The molecule has 2 unspecified atom stereocenters. The first-order valence-electron chi connectivity index (χ1n) is 13.2. The highest BCUT2D eigenvalue weighted by Crippen LogP contribution is 2.35. The number of carbonyl (C=O) groups excluding carboxylic acids is 1. The summed E-state index contributed by atoms with van der Waals surface area (Å²) in [5.41, 5.74) is 3.46. The predicted octanol–water partition coefficient (Wildman–Crippen LogP) is 5.34. The molecular weight excluding hydrogens is 456 g/mol. The van der Waals surface area contributed by atoms with Crippen LogP contribution in [0.4, 0.5) is 0 Å². The number of benzene rings is 1. The molecule has 0 spiro atoms. The van der Waals surface area contributed by atoms with Crippen LogP contribution in [-0.2, 0) is 11.2 Å². The van der Waals surface area contributed by atoms with E-state index in [1.807, 2.05) is 18.3 Å². The Kier molecular flexibility index (Phi) is 8.51. The Morgan fingerprint density at radius 2 is 1.83 bits per heavy atom. The first kappa shape index (κ1) is 26.1. The van der Waals surface area contributed by atoms with Crippen molar-refractivity contribution >= 4 is 17.5 Å². The van der Waals surface area contributed by atoms with Gasteiger partial charge in [0.25, 0.3) is 0 Å². The highest BCUT2D eigenvalue weighted by atomic mass is 35.5. The Morgan fingerprint density at radius 1 is 1.11 bits per heavy atom. The molecule has 0 bridgehead atoms. The largest absolute Gasteiger partial charge is 0.337 e. The second kappa shape index (κ2) is 11.4. The van der Waals surface area contributed by atoms with Gasteiger partial charge < -0.3 is 10.2 Å². The normalized spacial score (nSPS) is 21.2. The molecule has 6 heteroatoms. The predicted molar refractivity (Wildman–Crippen MR) is 144 cm³/mol. The summed E-state index contributed by atoms with van der Waals surface area (Å²) in [6.45, 7) is 13.4. The smallest absolute Gasteiger partial charge is 0.223 e. The summed E-state index contributed by atoms with van der Waals surface area (Å²) in [4.78, 5) is 23.1. The summed E-state index contributed by atoms with van der Waals surface area (Å²) in [5, 5.41) is 4.15. The topological polar surface area (TPSA) is 48.5 Å². The van der Waals surface area contributed by atoms with Crippen molar-refractivity contribution in [3.8, 4) is 0 Å². The average molecular weight is 497 g/mol. The summed E-state index contributed by atoms with van der Waals surface area (Å²) in [6, 6.07) is 12.7. The molecule has 2 aliphatic heterocycles. The van der Waals surface area contributed by atoms with E-state index < -0.39 is 0 Å². The molecule has 2 aliphatic rings. The zero-order valence-corrected chi connectivity index (χ0v) is 22.5. The lowest BCUT2D eigenvalue weighted by molar-refractivity contribution is -0.141. The zero-order valence-electron chi connectivity index (χ0n) is 21.8. The minimum atomic E-state index is -0.0213. The molecule has 5 nitrogen and oxygen atoms in total. The van der Waals surface area contributed by atoms with Crippen molar-refractivity contribution in [3.63, 3.8) is 0 Å². The molecule has 1 N–H and O–H groups in total. The highest BCUT2D eigenvalue weighted by Gasteiger charge is 2.40. The van der Waals surface area contributed by atoms with Crippen LogP contribution in [0.15, 0.2) is 42.6 Å². The number of pyridine rings is 1. The van der Waals surface area contributed by atoms with Crippen molar-refractivity contribution < 1.29 is 4.79 Å². The Hall–Kier alpha value is -1.95. The van der Waals surface area contributed by atoms with Gasteiger partial charge in [0.2, 0.25) is 5.91 Å². The van der Waals surface area contributed by atoms with Crippen LogP contribution < -0.4 is 5.32 Å². The van der Waals surface area contributed by atoms with Gasteiger partial charge in [-0.15, -0.1) is 0 Å². The number of aromatic nitrogens is 1. The Labute approximate surface area is 216 Å². The van der Waals surface area contributed by atoms with Crippen LogP contribution in [-0.4, -0.2) is 59.5 Å². The number of amides is 1. The first-order valence-corrected chi connectivity index (χ1v) is 13.6. The molecule has 1 aromatic heterocycles. The number of halogens is 1.